The Bertz CT molecular complexity index is 574. The first kappa shape index (κ1) is 14.0. The minimum Gasteiger partial charge on any atom is -0.308 e. The number of likely N-dealkylation sites (tertiary alicyclic amines) is 1. The van der Waals surface area contributed by atoms with Gasteiger partial charge in [0, 0.05) is 18.8 Å². The molecule has 1 fully saturated rings. The maximum absolute atomic E-state index is 4.38. The molecule has 1 N–H and O–H groups in total. The average molecular weight is 338 g/mol. The molecule has 1 aliphatic rings. The quantitative estimate of drug-likeness (QED) is 0.927. The Morgan fingerprint density at radius 3 is 2.85 bits per heavy atom. The maximum atomic E-state index is 4.38. The number of hydrogen-bond donors (Lipinski definition) is 1. The molecular weight excluding hydrogens is 318 g/mol. The van der Waals surface area contributed by atoms with Gasteiger partial charge in [0.1, 0.15) is 4.60 Å². The lowest BCUT2D eigenvalue weighted by Gasteiger charge is -2.31. The summed E-state index contributed by atoms with van der Waals surface area (Å²) in [6, 6.07) is 0.619. The molecule has 3 rings (SSSR count). The molecule has 0 unspecified atom stereocenters. The monoisotopic (exact) mass is 337 g/mol. The summed E-state index contributed by atoms with van der Waals surface area (Å²) in [6.45, 7) is 6.67. The maximum Gasteiger partial charge on any atom is 0.155 e. The van der Waals surface area contributed by atoms with Crippen LogP contribution in [-0.4, -0.2) is 44.9 Å². The second kappa shape index (κ2) is 6.20. The Labute approximate surface area is 127 Å². The Hall–Kier alpha value is -0.980. The zero-order chi connectivity index (χ0) is 13.9. The third-order valence-electron chi connectivity index (χ3n) is 4.05. The third-order valence-corrected chi connectivity index (χ3v) is 4.46. The van der Waals surface area contributed by atoms with Crippen LogP contribution in [0.25, 0.3) is 5.65 Å². The van der Waals surface area contributed by atoms with Crippen LogP contribution in [0.4, 0.5) is 0 Å². The van der Waals surface area contributed by atoms with E-state index in [9.17, 15) is 0 Å². The van der Waals surface area contributed by atoms with E-state index >= 15 is 0 Å². The van der Waals surface area contributed by atoms with Crippen LogP contribution >= 0.6 is 15.9 Å². The fourth-order valence-corrected chi connectivity index (χ4v) is 3.06. The Morgan fingerprint density at radius 2 is 2.10 bits per heavy atom. The van der Waals surface area contributed by atoms with E-state index in [1.54, 1.807) is 6.20 Å². The standard InChI is InChI=1S/C14H20BrN5/c1-2-19-5-3-11(4-6-19)16-7-12-8-18-14-9-17-13(15)10-20(12)14/h8-11,16H,2-7H2,1H3. The van der Waals surface area contributed by atoms with Crippen molar-refractivity contribution in [2.45, 2.75) is 32.4 Å². The van der Waals surface area contributed by atoms with E-state index in [2.05, 4.69) is 47.4 Å². The molecule has 5 nitrogen and oxygen atoms in total. The molecule has 0 bridgehead atoms. The molecule has 2 aromatic heterocycles. The van der Waals surface area contributed by atoms with Gasteiger partial charge in [-0.2, -0.15) is 0 Å². The van der Waals surface area contributed by atoms with Gasteiger partial charge in [0.2, 0.25) is 0 Å². The lowest BCUT2D eigenvalue weighted by atomic mass is 10.1. The van der Waals surface area contributed by atoms with Crippen LogP contribution in [0, 0.1) is 0 Å². The molecule has 3 heterocycles. The highest BCUT2D eigenvalue weighted by atomic mass is 79.9. The Morgan fingerprint density at radius 1 is 1.30 bits per heavy atom. The van der Waals surface area contributed by atoms with Gasteiger partial charge >= 0.3 is 0 Å². The van der Waals surface area contributed by atoms with E-state index in [1.165, 1.54) is 38.2 Å². The van der Waals surface area contributed by atoms with Crippen molar-refractivity contribution < 1.29 is 0 Å². The van der Waals surface area contributed by atoms with Crippen molar-refractivity contribution in [1.82, 2.24) is 24.6 Å². The lowest BCUT2D eigenvalue weighted by Crippen LogP contribution is -2.42. The number of fused-ring (bicyclic) bond motifs is 1. The first-order valence-corrected chi connectivity index (χ1v) is 7.99. The van der Waals surface area contributed by atoms with E-state index in [1.807, 2.05) is 12.4 Å². The Kier molecular flexibility index (Phi) is 4.33. The summed E-state index contributed by atoms with van der Waals surface area (Å²) >= 11 is 3.41. The first-order valence-electron chi connectivity index (χ1n) is 7.19. The number of halogens is 1. The van der Waals surface area contributed by atoms with Crippen molar-refractivity contribution >= 4 is 21.6 Å². The van der Waals surface area contributed by atoms with Crippen molar-refractivity contribution in [3.63, 3.8) is 0 Å². The van der Waals surface area contributed by atoms with E-state index in [4.69, 9.17) is 0 Å². The van der Waals surface area contributed by atoms with Gasteiger partial charge < -0.3 is 10.2 Å². The number of imidazole rings is 1. The van der Waals surface area contributed by atoms with Gasteiger partial charge in [0.05, 0.1) is 18.1 Å². The van der Waals surface area contributed by atoms with E-state index in [0.29, 0.717) is 6.04 Å². The summed E-state index contributed by atoms with van der Waals surface area (Å²) in [4.78, 5) is 11.1. The molecule has 1 saturated heterocycles. The highest BCUT2D eigenvalue weighted by molar-refractivity contribution is 9.10. The predicted octanol–water partition coefficient (Wildman–Crippen LogP) is 2.07. The second-order valence-electron chi connectivity index (χ2n) is 5.28. The van der Waals surface area contributed by atoms with Crippen LogP contribution in [0.1, 0.15) is 25.5 Å². The van der Waals surface area contributed by atoms with Gasteiger partial charge in [-0.3, -0.25) is 4.40 Å². The summed E-state index contributed by atoms with van der Waals surface area (Å²) in [5, 5.41) is 3.66. The van der Waals surface area contributed by atoms with Gasteiger partial charge in [0.15, 0.2) is 5.65 Å². The molecular formula is C14H20BrN5. The topological polar surface area (TPSA) is 45.5 Å². The normalized spacial score (nSPS) is 17.9. The molecule has 0 atom stereocenters. The van der Waals surface area contributed by atoms with Gasteiger partial charge in [0.25, 0.3) is 0 Å². The fourth-order valence-electron chi connectivity index (χ4n) is 2.75. The van der Waals surface area contributed by atoms with Crippen molar-refractivity contribution in [3.05, 3.63) is 28.9 Å². The molecule has 1 aliphatic heterocycles. The van der Waals surface area contributed by atoms with E-state index in [0.717, 1.165) is 16.8 Å². The van der Waals surface area contributed by atoms with Gasteiger partial charge in [-0.25, -0.2) is 9.97 Å². The zero-order valence-corrected chi connectivity index (χ0v) is 13.3. The number of nitrogens with zero attached hydrogens (tertiary/aromatic N) is 4. The van der Waals surface area contributed by atoms with Crippen LogP contribution in [0.15, 0.2) is 23.2 Å². The lowest BCUT2D eigenvalue weighted by molar-refractivity contribution is 0.205. The minimum atomic E-state index is 0.619. The predicted molar refractivity (Wildman–Crippen MR) is 82.7 cm³/mol. The van der Waals surface area contributed by atoms with Crippen molar-refractivity contribution in [1.29, 1.82) is 0 Å². The summed E-state index contributed by atoms with van der Waals surface area (Å²) in [5.74, 6) is 0. The third kappa shape index (κ3) is 3.02. The summed E-state index contributed by atoms with van der Waals surface area (Å²) in [7, 11) is 0. The second-order valence-corrected chi connectivity index (χ2v) is 6.09. The number of nitrogens with one attached hydrogen (secondary N) is 1. The first-order chi connectivity index (χ1) is 9.76. The highest BCUT2D eigenvalue weighted by Crippen LogP contribution is 2.13. The average Bonchev–Trinajstić information content (AvgIpc) is 2.88. The van der Waals surface area contributed by atoms with E-state index < -0.39 is 0 Å². The SMILES string of the molecule is CCN1CCC(NCc2cnc3cnc(Br)cn23)CC1. The molecule has 0 amide bonds. The molecule has 0 radical (unpaired) electrons. The summed E-state index contributed by atoms with van der Waals surface area (Å²) < 4.78 is 2.92. The minimum absolute atomic E-state index is 0.619. The molecule has 6 heteroatoms. The van der Waals surface area contributed by atoms with Gasteiger partial charge in [-0.15, -0.1) is 0 Å². The molecule has 0 spiro atoms. The number of rotatable bonds is 4. The number of aromatic nitrogens is 3. The molecule has 108 valence electrons. The number of hydrogen-bond acceptors (Lipinski definition) is 4. The van der Waals surface area contributed by atoms with Gasteiger partial charge in [-0.1, -0.05) is 6.92 Å². The number of piperidine rings is 1. The van der Waals surface area contributed by atoms with Crippen LogP contribution in [0.3, 0.4) is 0 Å². The van der Waals surface area contributed by atoms with Crippen LogP contribution < -0.4 is 5.32 Å². The fraction of sp³-hybridized carbons (Fsp3) is 0.571. The molecule has 20 heavy (non-hydrogen) atoms. The molecule has 0 aliphatic carbocycles. The summed E-state index contributed by atoms with van der Waals surface area (Å²) in [5.41, 5.74) is 2.08. The molecule has 0 aromatic carbocycles. The molecule has 2 aromatic rings. The highest BCUT2D eigenvalue weighted by Gasteiger charge is 2.17. The van der Waals surface area contributed by atoms with Gasteiger partial charge in [-0.05, 0) is 48.4 Å². The smallest absolute Gasteiger partial charge is 0.155 e. The summed E-state index contributed by atoms with van der Waals surface area (Å²) in [6.07, 6.45) is 8.15. The molecule has 0 saturated carbocycles. The van der Waals surface area contributed by atoms with Crippen molar-refractivity contribution in [3.8, 4) is 0 Å². The van der Waals surface area contributed by atoms with Crippen molar-refractivity contribution in [2.24, 2.45) is 0 Å². The zero-order valence-electron chi connectivity index (χ0n) is 11.7. The Balaban J connectivity index is 1.61. The largest absolute Gasteiger partial charge is 0.308 e. The van der Waals surface area contributed by atoms with E-state index in [-0.39, 0.29) is 0 Å². The van der Waals surface area contributed by atoms with Crippen LogP contribution in [0.2, 0.25) is 0 Å². The van der Waals surface area contributed by atoms with Crippen molar-refractivity contribution in [2.75, 3.05) is 19.6 Å². The van der Waals surface area contributed by atoms with Crippen LogP contribution in [0.5, 0.6) is 0 Å². The van der Waals surface area contributed by atoms with Crippen LogP contribution in [-0.2, 0) is 6.54 Å².